The molecule has 5 amide bonds. The van der Waals surface area contributed by atoms with Gasteiger partial charge < -0.3 is 36.0 Å². The van der Waals surface area contributed by atoms with Crippen LogP contribution in [0.25, 0.3) is 0 Å². The lowest BCUT2D eigenvalue weighted by molar-refractivity contribution is -0.128. The summed E-state index contributed by atoms with van der Waals surface area (Å²) in [5, 5.41) is 29.9. The summed E-state index contributed by atoms with van der Waals surface area (Å²) in [5.41, 5.74) is 3.48. The van der Waals surface area contributed by atoms with Crippen LogP contribution in [0.1, 0.15) is 69.5 Å². The van der Waals surface area contributed by atoms with Gasteiger partial charge in [0.05, 0.1) is 24.4 Å². The minimum atomic E-state index is -1.31. The number of nitrogens with one attached hydrogen (secondary N) is 3. The molecule has 7 atom stereocenters. The van der Waals surface area contributed by atoms with E-state index in [0.29, 0.717) is 38.9 Å². The van der Waals surface area contributed by atoms with Gasteiger partial charge in [-0.05, 0) is 61.3 Å². The van der Waals surface area contributed by atoms with E-state index in [4.69, 9.17) is 0 Å². The third kappa shape index (κ3) is 11.8. The standard InChI is InChI=1S/C41H56N6O6/c1-6-27(3)36(45-40(51)52)38(49)44-34(24-31-18-12-9-13-19-31)35(48)25-33(23-30-16-10-8-11-17-30)43-39(50)37(28(4)7-2)47-22-21-46(41(47)53)26-32-20-14-15-29(5)42-32/h8-20,27-28,33-37,45,48H,6-7,21-26H2,1-5H3,(H,43,50)(H,44,49)(H,51,52)/t27?,28?,33-,34-,35-,36-,37-/m0/s1. The van der Waals surface area contributed by atoms with Crippen molar-refractivity contribution in [3.63, 3.8) is 0 Å². The van der Waals surface area contributed by atoms with Gasteiger partial charge in [-0.1, -0.05) is 107 Å². The van der Waals surface area contributed by atoms with Crippen LogP contribution in [0.4, 0.5) is 9.59 Å². The van der Waals surface area contributed by atoms with Crippen molar-refractivity contribution in [2.24, 2.45) is 11.8 Å². The molecule has 1 fully saturated rings. The van der Waals surface area contributed by atoms with Gasteiger partial charge in [-0.3, -0.25) is 14.6 Å². The normalized spacial score (nSPS) is 16.9. The number of hydrogen-bond donors (Lipinski definition) is 5. The molecule has 3 aromatic rings. The lowest BCUT2D eigenvalue weighted by Crippen LogP contribution is -2.57. The van der Waals surface area contributed by atoms with Crippen molar-refractivity contribution in [3.8, 4) is 0 Å². The fourth-order valence-corrected chi connectivity index (χ4v) is 6.91. The van der Waals surface area contributed by atoms with Gasteiger partial charge in [0.1, 0.15) is 12.1 Å². The number of aliphatic hydroxyl groups is 1. The average Bonchev–Trinajstić information content (AvgIpc) is 3.48. The van der Waals surface area contributed by atoms with Gasteiger partial charge in [-0.25, -0.2) is 9.59 Å². The summed E-state index contributed by atoms with van der Waals surface area (Å²) in [5.74, 6) is -1.27. The number of carbonyl (C=O) groups excluding carboxylic acids is 3. The monoisotopic (exact) mass is 728 g/mol. The molecule has 12 heteroatoms. The number of hydrogen-bond acceptors (Lipinski definition) is 6. The summed E-state index contributed by atoms with van der Waals surface area (Å²) in [7, 11) is 0. The van der Waals surface area contributed by atoms with E-state index in [1.165, 1.54) is 0 Å². The molecule has 12 nitrogen and oxygen atoms in total. The van der Waals surface area contributed by atoms with Crippen LogP contribution in [0.5, 0.6) is 0 Å². The molecule has 2 heterocycles. The maximum Gasteiger partial charge on any atom is 0.405 e. The predicted molar refractivity (Wildman–Crippen MR) is 204 cm³/mol. The Bertz CT molecular complexity index is 1640. The largest absolute Gasteiger partial charge is 0.465 e. The van der Waals surface area contributed by atoms with Crippen LogP contribution in [0, 0.1) is 18.8 Å². The second-order valence-corrected chi connectivity index (χ2v) is 14.3. The number of carbonyl (C=O) groups is 4. The van der Waals surface area contributed by atoms with Gasteiger partial charge in [0, 0.05) is 24.8 Å². The molecule has 0 saturated carbocycles. The molecular weight excluding hydrogens is 672 g/mol. The van der Waals surface area contributed by atoms with Crippen molar-refractivity contribution < 1.29 is 29.4 Å². The summed E-state index contributed by atoms with van der Waals surface area (Å²) >= 11 is 0. The highest BCUT2D eigenvalue weighted by Crippen LogP contribution is 2.23. The number of benzene rings is 2. The van der Waals surface area contributed by atoms with E-state index in [0.717, 1.165) is 22.5 Å². The van der Waals surface area contributed by atoms with E-state index in [9.17, 15) is 29.4 Å². The van der Waals surface area contributed by atoms with Crippen molar-refractivity contribution in [1.29, 1.82) is 0 Å². The molecule has 53 heavy (non-hydrogen) atoms. The van der Waals surface area contributed by atoms with Crippen molar-refractivity contribution in [3.05, 3.63) is 101 Å². The summed E-state index contributed by atoms with van der Waals surface area (Å²) in [4.78, 5) is 61.3. The van der Waals surface area contributed by atoms with Crippen LogP contribution in [0.15, 0.2) is 78.9 Å². The van der Waals surface area contributed by atoms with Crippen LogP contribution in [0.2, 0.25) is 0 Å². The van der Waals surface area contributed by atoms with Crippen molar-refractivity contribution in [2.75, 3.05) is 13.1 Å². The summed E-state index contributed by atoms with van der Waals surface area (Å²) < 4.78 is 0. The smallest absolute Gasteiger partial charge is 0.405 e. The first kappa shape index (κ1) is 40.8. The van der Waals surface area contributed by atoms with Crippen LogP contribution in [0.3, 0.4) is 0 Å². The first-order valence-electron chi connectivity index (χ1n) is 18.7. The molecular formula is C41H56N6O6. The molecule has 1 saturated heterocycles. The summed E-state index contributed by atoms with van der Waals surface area (Å²) in [6.07, 6.45) is -0.429. The van der Waals surface area contributed by atoms with Crippen LogP contribution in [-0.2, 0) is 29.0 Å². The molecule has 1 aromatic heterocycles. The topological polar surface area (TPSA) is 164 Å². The summed E-state index contributed by atoms with van der Waals surface area (Å²) in [6.45, 7) is 10.8. The Kier molecular flexibility index (Phi) is 15.2. The Morgan fingerprint density at radius 3 is 2.00 bits per heavy atom. The highest BCUT2D eigenvalue weighted by atomic mass is 16.4. The number of urea groups is 1. The Hall–Kier alpha value is -4.97. The van der Waals surface area contributed by atoms with Gasteiger partial charge in [0.25, 0.3) is 0 Å². The Labute approximate surface area is 313 Å². The molecule has 0 radical (unpaired) electrons. The minimum Gasteiger partial charge on any atom is -0.465 e. The highest BCUT2D eigenvalue weighted by molar-refractivity contribution is 5.88. The third-order valence-corrected chi connectivity index (χ3v) is 10.3. The number of nitrogens with zero attached hydrogens (tertiary/aromatic N) is 3. The number of amides is 5. The zero-order chi connectivity index (χ0) is 38.5. The average molecular weight is 729 g/mol. The number of aryl methyl sites for hydroxylation is 1. The van der Waals surface area contributed by atoms with E-state index in [2.05, 4.69) is 20.9 Å². The predicted octanol–water partition coefficient (Wildman–Crippen LogP) is 4.93. The summed E-state index contributed by atoms with van der Waals surface area (Å²) in [6, 6.07) is 21.5. The van der Waals surface area contributed by atoms with Crippen LogP contribution >= 0.6 is 0 Å². The molecule has 4 rings (SSSR count). The van der Waals surface area contributed by atoms with Crippen molar-refractivity contribution in [2.45, 2.75) is 104 Å². The first-order chi connectivity index (χ1) is 25.4. The maximum absolute atomic E-state index is 14.4. The van der Waals surface area contributed by atoms with Gasteiger partial charge >= 0.3 is 12.1 Å². The molecule has 1 aliphatic rings. The fraction of sp³-hybridized carbons (Fsp3) is 0.488. The van der Waals surface area contributed by atoms with Gasteiger partial charge in [0.15, 0.2) is 0 Å². The Morgan fingerprint density at radius 1 is 0.792 bits per heavy atom. The highest BCUT2D eigenvalue weighted by Gasteiger charge is 2.41. The Balaban J connectivity index is 1.58. The van der Waals surface area contributed by atoms with E-state index >= 15 is 0 Å². The second-order valence-electron chi connectivity index (χ2n) is 14.3. The molecule has 0 spiro atoms. The second kappa shape index (κ2) is 19.8. The number of aromatic nitrogens is 1. The van der Waals surface area contributed by atoms with Crippen LogP contribution < -0.4 is 16.0 Å². The van der Waals surface area contributed by atoms with Gasteiger partial charge in [-0.15, -0.1) is 0 Å². The molecule has 0 bridgehead atoms. The van der Waals surface area contributed by atoms with E-state index < -0.39 is 42.3 Å². The van der Waals surface area contributed by atoms with E-state index in [-0.39, 0.29) is 36.6 Å². The molecule has 2 unspecified atom stereocenters. The van der Waals surface area contributed by atoms with Gasteiger partial charge in [-0.2, -0.15) is 0 Å². The first-order valence-corrected chi connectivity index (χ1v) is 18.7. The zero-order valence-electron chi connectivity index (χ0n) is 31.6. The SMILES string of the molecule is CCC(C)[C@H](NC(=O)O)C(=O)N[C@@H](Cc1ccccc1)[C@@H](O)C[C@H](Cc1ccccc1)NC(=O)[C@H](C(C)CC)N1CCN(Cc2cccc(C)n2)C1=O. The molecule has 0 aliphatic carbocycles. The lowest BCUT2D eigenvalue weighted by atomic mass is 9.91. The number of carboxylic acid groups (broad SMARTS) is 1. The molecule has 2 aromatic carbocycles. The van der Waals surface area contributed by atoms with Crippen molar-refractivity contribution >= 4 is 23.9 Å². The lowest BCUT2D eigenvalue weighted by Gasteiger charge is -2.34. The fourth-order valence-electron chi connectivity index (χ4n) is 6.91. The number of rotatable bonds is 19. The number of aliphatic hydroxyl groups excluding tert-OH is 1. The number of pyridine rings is 1. The maximum atomic E-state index is 14.4. The Morgan fingerprint density at radius 2 is 1.42 bits per heavy atom. The third-order valence-electron chi connectivity index (χ3n) is 10.3. The van der Waals surface area contributed by atoms with Crippen molar-refractivity contribution in [1.82, 2.24) is 30.7 Å². The molecule has 286 valence electrons. The zero-order valence-corrected chi connectivity index (χ0v) is 31.6. The van der Waals surface area contributed by atoms with E-state index in [1.54, 1.807) is 16.7 Å². The van der Waals surface area contributed by atoms with E-state index in [1.807, 2.05) is 107 Å². The molecule has 5 N–H and O–H groups in total. The minimum absolute atomic E-state index is 0.0884. The van der Waals surface area contributed by atoms with Gasteiger partial charge in [0.2, 0.25) is 11.8 Å². The molecule has 1 aliphatic heterocycles. The van der Waals surface area contributed by atoms with Crippen LogP contribution in [-0.4, -0.2) is 92.3 Å². The quantitative estimate of drug-likeness (QED) is 0.117.